The molecule has 0 aliphatic rings. The van der Waals surface area contributed by atoms with E-state index in [1.165, 1.54) is 66.8 Å². The van der Waals surface area contributed by atoms with Crippen LogP contribution in [0.5, 0.6) is 0 Å². The molecule has 0 atom stereocenters. The summed E-state index contributed by atoms with van der Waals surface area (Å²) < 4.78 is 0. The maximum Gasteiger partial charge on any atom is 0.0738 e. The Labute approximate surface area is 261 Å². The Morgan fingerprint density at radius 2 is 0.829 bits per heavy atom. The van der Waals surface area contributed by atoms with Crippen LogP contribution < -0.4 is 0 Å². The van der Waals surface area contributed by atoms with Gasteiger partial charge in [0.1, 0.15) is 0 Å². The zero-order valence-electron chi connectivity index (χ0n) is 26.0. The zero-order chi connectivity index (χ0) is 28.8. The first kappa shape index (κ1) is 32.4. The van der Waals surface area contributed by atoms with Crippen molar-refractivity contribution < 1.29 is 20.4 Å². The Hall–Kier alpha value is -3.12. The molecular weight excluding hydrogens is 591 g/mol. The van der Waals surface area contributed by atoms with Crippen LogP contribution in [-0.4, -0.2) is 12.4 Å². The van der Waals surface area contributed by atoms with Crippen molar-refractivity contribution in [2.45, 2.75) is 81.1 Å². The van der Waals surface area contributed by atoms with Gasteiger partial charge in [0.2, 0.25) is 0 Å². The molecule has 2 nitrogen and oxygen atoms in total. The van der Waals surface area contributed by atoms with Crippen molar-refractivity contribution in [3.8, 4) is 22.3 Å². The number of aryl methyl sites for hydroxylation is 8. The van der Waals surface area contributed by atoms with Crippen molar-refractivity contribution in [2.75, 3.05) is 0 Å². The molecule has 4 rings (SSSR count). The number of hydrogen-bond acceptors (Lipinski definition) is 2. The first-order valence-electron chi connectivity index (χ1n) is 14.8. The molecular formula is C38H44N2Pd. The summed E-state index contributed by atoms with van der Waals surface area (Å²) in [6, 6.07) is 22.4. The summed E-state index contributed by atoms with van der Waals surface area (Å²) in [5, 5.41) is 0. The van der Waals surface area contributed by atoms with E-state index in [2.05, 4.69) is 116 Å². The van der Waals surface area contributed by atoms with Crippen molar-refractivity contribution in [3.05, 3.63) is 105 Å². The van der Waals surface area contributed by atoms with Crippen LogP contribution in [0.25, 0.3) is 22.3 Å². The van der Waals surface area contributed by atoms with E-state index in [9.17, 15) is 0 Å². The summed E-state index contributed by atoms with van der Waals surface area (Å²) in [6.45, 7) is 17.6. The van der Waals surface area contributed by atoms with E-state index < -0.39 is 0 Å². The van der Waals surface area contributed by atoms with Gasteiger partial charge < -0.3 is 0 Å². The molecule has 0 aromatic heterocycles. The van der Waals surface area contributed by atoms with E-state index in [1.807, 2.05) is 12.4 Å². The van der Waals surface area contributed by atoms with Gasteiger partial charge >= 0.3 is 0 Å². The molecule has 0 heterocycles. The minimum absolute atomic E-state index is 0. The van der Waals surface area contributed by atoms with Gasteiger partial charge in [-0.25, -0.2) is 0 Å². The second-order valence-corrected chi connectivity index (χ2v) is 10.8. The van der Waals surface area contributed by atoms with E-state index in [4.69, 9.17) is 9.98 Å². The summed E-state index contributed by atoms with van der Waals surface area (Å²) >= 11 is 0. The maximum absolute atomic E-state index is 5.03. The number of benzene rings is 4. The molecule has 216 valence electrons. The monoisotopic (exact) mass is 634 g/mol. The van der Waals surface area contributed by atoms with Crippen LogP contribution >= 0.6 is 0 Å². The Morgan fingerprint density at radius 1 is 0.512 bits per heavy atom. The van der Waals surface area contributed by atoms with Gasteiger partial charge in [0.05, 0.1) is 11.4 Å². The molecule has 0 saturated carbocycles. The van der Waals surface area contributed by atoms with Gasteiger partial charge in [-0.1, -0.05) is 87.4 Å². The van der Waals surface area contributed by atoms with Gasteiger partial charge in [0.15, 0.2) is 0 Å². The molecule has 4 aromatic carbocycles. The number of rotatable bonds is 9. The Balaban J connectivity index is 0.00000462. The molecule has 3 heteroatoms. The maximum atomic E-state index is 5.03. The largest absolute Gasteiger partial charge is 0.254 e. The minimum atomic E-state index is 0. The Kier molecular flexibility index (Phi) is 11.6. The molecule has 41 heavy (non-hydrogen) atoms. The predicted octanol–water partition coefficient (Wildman–Crippen LogP) is 10.6. The molecule has 0 aliphatic heterocycles. The third-order valence-electron chi connectivity index (χ3n) is 7.90. The summed E-state index contributed by atoms with van der Waals surface area (Å²) in [7, 11) is 0. The molecule has 4 aromatic rings. The predicted molar refractivity (Wildman–Crippen MR) is 177 cm³/mol. The topological polar surface area (TPSA) is 24.7 Å². The second kappa shape index (κ2) is 14.7. The third-order valence-corrected chi connectivity index (χ3v) is 7.90. The van der Waals surface area contributed by atoms with E-state index in [-0.39, 0.29) is 20.4 Å². The molecule has 0 unspecified atom stereocenters. The fraction of sp³-hybridized carbons (Fsp3) is 0.316. The SMILES string of the molecule is CCc1cccc(CC)c1-c1cc(C)cc(C)c1N=CC=Nc1c(C)cc(C)cc1-c1c(CC)cccc1CC.[Pd]. The molecule has 0 spiro atoms. The first-order valence-corrected chi connectivity index (χ1v) is 14.8. The molecule has 0 bridgehead atoms. The van der Waals surface area contributed by atoms with Gasteiger partial charge in [-0.3, -0.25) is 9.98 Å². The van der Waals surface area contributed by atoms with E-state index in [0.29, 0.717) is 0 Å². The van der Waals surface area contributed by atoms with Crippen molar-refractivity contribution >= 4 is 23.8 Å². The van der Waals surface area contributed by atoms with Gasteiger partial charge in [-0.15, -0.1) is 0 Å². The number of aliphatic imine (C=N–C) groups is 2. The molecule has 0 fully saturated rings. The van der Waals surface area contributed by atoms with Crippen LogP contribution in [0.4, 0.5) is 11.4 Å². The zero-order valence-corrected chi connectivity index (χ0v) is 27.5. The first-order chi connectivity index (χ1) is 19.3. The average molecular weight is 635 g/mol. The van der Waals surface area contributed by atoms with Crippen molar-refractivity contribution in [2.24, 2.45) is 9.98 Å². The molecule has 0 aliphatic carbocycles. The van der Waals surface area contributed by atoms with E-state index in [1.54, 1.807) is 0 Å². The van der Waals surface area contributed by atoms with E-state index >= 15 is 0 Å². The molecule has 0 saturated heterocycles. The van der Waals surface area contributed by atoms with Gasteiger partial charge in [0.25, 0.3) is 0 Å². The van der Waals surface area contributed by atoms with Gasteiger partial charge in [-0.05, 0) is 110 Å². The normalized spacial score (nSPS) is 11.4. The van der Waals surface area contributed by atoms with Gasteiger partial charge in [0, 0.05) is 44.0 Å². The Morgan fingerprint density at radius 3 is 1.12 bits per heavy atom. The van der Waals surface area contributed by atoms with Crippen LogP contribution in [0, 0.1) is 27.7 Å². The summed E-state index contributed by atoms with van der Waals surface area (Å²) in [6.07, 6.45) is 7.72. The number of hydrogen-bond donors (Lipinski definition) is 0. The second-order valence-electron chi connectivity index (χ2n) is 10.8. The minimum Gasteiger partial charge on any atom is -0.254 e. The number of nitrogens with zero attached hydrogens (tertiary/aromatic N) is 2. The van der Waals surface area contributed by atoms with E-state index in [0.717, 1.165) is 37.1 Å². The fourth-order valence-electron chi connectivity index (χ4n) is 6.04. The Bertz CT molecular complexity index is 1410. The van der Waals surface area contributed by atoms with Crippen LogP contribution in [0.15, 0.2) is 70.6 Å². The quantitative estimate of drug-likeness (QED) is 0.129. The van der Waals surface area contributed by atoms with Crippen molar-refractivity contribution in [1.82, 2.24) is 0 Å². The van der Waals surface area contributed by atoms with Crippen LogP contribution in [-0.2, 0) is 46.1 Å². The fourth-order valence-corrected chi connectivity index (χ4v) is 6.04. The van der Waals surface area contributed by atoms with Crippen LogP contribution in [0.3, 0.4) is 0 Å². The summed E-state index contributed by atoms with van der Waals surface area (Å²) in [5.74, 6) is 0. The standard InChI is InChI=1S/C38H44N2.Pd/c1-9-29-15-13-16-30(10-2)35(29)33-23-25(5)21-27(7)37(33)39-19-20-40-38-28(8)22-26(6)24-34(38)36-31(11-3)17-14-18-32(36)12-4;/h13-24H,9-12H2,1-8H3;. The molecule has 0 N–H and O–H groups in total. The third kappa shape index (κ3) is 7.03. The van der Waals surface area contributed by atoms with Crippen molar-refractivity contribution in [3.63, 3.8) is 0 Å². The van der Waals surface area contributed by atoms with Gasteiger partial charge in [-0.2, -0.15) is 0 Å². The van der Waals surface area contributed by atoms with Crippen LogP contribution in [0.2, 0.25) is 0 Å². The molecule has 0 radical (unpaired) electrons. The smallest absolute Gasteiger partial charge is 0.0738 e. The van der Waals surface area contributed by atoms with Crippen molar-refractivity contribution in [1.29, 1.82) is 0 Å². The van der Waals surface area contributed by atoms with Crippen LogP contribution in [0.1, 0.15) is 72.2 Å². The average Bonchev–Trinajstić information content (AvgIpc) is 2.95. The summed E-state index contributed by atoms with van der Waals surface area (Å²) in [4.78, 5) is 10.1. The summed E-state index contributed by atoms with van der Waals surface area (Å²) in [5.41, 5.74) is 17.5. The molecule has 0 amide bonds.